The average molecular weight is 479 g/mol. The maximum Gasteiger partial charge on any atom is 0.243 e. The van der Waals surface area contributed by atoms with Gasteiger partial charge in [-0.1, -0.05) is 74.5 Å². The van der Waals surface area contributed by atoms with Gasteiger partial charge in [-0.25, -0.2) is 4.39 Å². The molecule has 4 nitrogen and oxygen atoms in total. The van der Waals surface area contributed by atoms with E-state index in [0.717, 1.165) is 16.0 Å². The van der Waals surface area contributed by atoms with Gasteiger partial charge in [0, 0.05) is 24.4 Å². The second-order valence-electron chi connectivity index (χ2n) is 8.59. The Balaban J connectivity index is 1.88. The number of benzene rings is 3. The lowest BCUT2D eigenvalue weighted by Crippen LogP contribution is -2.51. The van der Waals surface area contributed by atoms with Gasteiger partial charge in [0.25, 0.3) is 0 Å². The first-order valence-corrected chi connectivity index (χ1v) is 12.4. The highest BCUT2D eigenvalue weighted by molar-refractivity contribution is 8.00. The van der Waals surface area contributed by atoms with Gasteiger partial charge < -0.3 is 10.2 Å². The summed E-state index contributed by atoms with van der Waals surface area (Å²) in [6.45, 7) is 4.82. The van der Waals surface area contributed by atoms with Crippen LogP contribution < -0.4 is 5.32 Å². The molecule has 3 rings (SSSR count). The molecule has 1 atom stereocenters. The third-order valence-corrected chi connectivity index (χ3v) is 6.32. The normalized spacial score (nSPS) is 11.8. The molecule has 0 unspecified atom stereocenters. The van der Waals surface area contributed by atoms with E-state index < -0.39 is 6.04 Å². The van der Waals surface area contributed by atoms with E-state index in [9.17, 15) is 14.0 Å². The second-order valence-corrected chi connectivity index (χ2v) is 9.64. The minimum atomic E-state index is -0.685. The van der Waals surface area contributed by atoms with E-state index in [-0.39, 0.29) is 35.8 Å². The minimum Gasteiger partial charge on any atom is -0.354 e. The molecule has 0 bridgehead atoms. The summed E-state index contributed by atoms with van der Waals surface area (Å²) < 4.78 is 13.5. The third-order valence-electron chi connectivity index (χ3n) is 5.33. The van der Waals surface area contributed by atoms with E-state index in [0.29, 0.717) is 13.0 Å². The van der Waals surface area contributed by atoms with Crippen LogP contribution in [-0.4, -0.2) is 35.1 Å². The zero-order chi connectivity index (χ0) is 24.3. The lowest BCUT2D eigenvalue weighted by atomic mass is 10.0. The van der Waals surface area contributed by atoms with Crippen LogP contribution >= 0.6 is 11.8 Å². The molecule has 0 aliphatic heterocycles. The molecule has 3 aromatic rings. The molecule has 1 N–H and O–H groups in total. The van der Waals surface area contributed by atoms with Crippen LogP contribution in [0.15, 0.2) is 89.8 Å². The van der Waals surface area contributed by atoms with E-state index in [4.69, 9.17) is 0 Å². The highest BCUT2D eigenvalue weighted by atomic mass is 32.2. The highest BCUT2D eigenvalue weighted by Gasteiger charge is 2.30. The van der Waals surface area contributed by atoms with Crippen LogP contribution in [0.25, 0.3) is 0 Å². The Hall–Kier alpha value is -3.12. The van der Waals surface area contributed by atoms with Crippen molar-refractivity contribution in [1.82, 2.24) is 10.2 Å². The fourth-order valence-electron chi connectivity index (χ4n) is 3.51. The van der Waals surface area contributed by atoms with Crippen molar-refractivity contribution in [2.75, 3.05) is 12.3 Å². The van der Waals surface area contributed by atoms with Gasteiger partial charge in [-0.05, 0) is 41.3 Å². The van der Waals surface area contributed by atoms with Crippen LogP contribution in [0.4, 0.5) is 4.39 Å². The first-order chi connectivity index (χ1) is 16.4. The summed E-state index contributed by atoms with van der Waals surface area (Å²) in [5, 5.41) is 3.01. The number of halogens is 1. The number of carbonyl (C=O) groups excluding carboxylic acids is 2. The predicted octanol–water partition coefficient (Wildman–Crippen LogP) is 5.33. The number of hydrogen-bond donors (Lipinski definition) is 1. The van der Waals surface area contributed by atoms with Crippen LogP contribution in [0.1, 0.15) is 25.0 Å². The monoisotopic (exact) mass is 478 g/mol. The molecule has 0 heterocycles. The van der Waals surface area contributed by atoms with Crippen molar-refractivity contribution in [3.8, 4) is 0 Å². The van der Waals surface area contributed by atoms with Crippen molar-refractivity contribution in [1.29, 1.82) is 0 Å². The largest absolute Gasteiger partial charge is 0.354 e. The van der Waals surface area contributed by atoms with Crippen molar-refractivity contribution in [3.63, 3.8) is 0 Å². The Morgan fingerprint density at radius 1 is 0.882 bits per heavy atom. The fraction of sp³-hybridized carbons (Fsp3) is 0.286. The number of hydrogen-bond acceptors (Lipinski definition) is 3. The van der Waals surface area contributed by atoms with E-state index >= 15 is 0 Å². The number of nitrogens with zero attached hydrogens (tertiary/aromatic N) is 1. The van der Waals surface area contributed by atoms with Gasteiger partial charge in [0.1, 0.15) is 11.9 Å². The highest BCUT2D eigenvalue weighted by Crippen LogP contribution is 2.21. The maximum atomic E-state index is 13.5. The summed E-state index contributed by atoms with van der Waals surface area (Å²) in [6, 6.07) is 24.8. The molecule has 6 heteroatoms. The number of carbonyl (C=O) groups is 2. The molecular formula is C28H31FN2O2S. The Labute approximate surface area is 205 Å². The molecule has 0 fully saturated rings. The molecule has 178 valence electrons. The van der Waals surface area contributed by atoms with Crippen molar-refractivity contribution >= 4 is 23.6 Å². The summed E-state index contributed by atoms with van der Waals surface area (Å²) >= 11 is 1.44. The van der Waals surface area contributed by atoms with Crippen molar-refractivity contribution in [2.24, 2.45) is 5.92 Å². The summed E-state index contributed by atoms with van der Waals surface area (Å²) in [6.07, 6.45) is 0.397. The Bertz CT molecular complexity index is 1040. The van der Waals surface area contributed by atoms with Gasteiger partial charge >= 0.3 is 0 Å². The van der Waals surface area contributed by atoms with Gasteiger partial charge in [-0.15, -0.1) is 11.8 Å². The number of nitrogens with one attached hydrogen (secondary N) is 1. The molecular weight excluding hydrogens is 447 g/mol. The lowest BCUT2D eigenvalue weighted by molar-refractivity contribution is -0.139. The third kappa shape index (κ3) is 8.03. The van der Waals surface area contributed by atoms with E-state index in [1.165, 1.54) is 23.9 Å². The summed E-state index contributed by atoms with van der Waals surface area (Å²) in [5.74, 6) is -0.168. The van der Waals surface area contributed by atoms with Crippen molar-refractivity contribution < 1.29 is 14.0 Å². The molecule has 34 heavy (non-hydrogen) atoms. The molecule has 0 radical (unpaired) electrons. The van der Waals surface area contributed by atoms with E-state index in [2.05, 4.69) is 5.32 Å². The molecule has 2 amide bonds. The predicted molar refractivity (Wildman–Crippen MR) is 136 cm³/mol. The Kier molecular flexibility index (Phi) is 9.71. The SMILES string of the molecule is CC(C)CNC(=O)[C@H](Cc1ccccc1)N(Cc1ccc(F)cc1)C(=O)CSc1ccccc1. The van der Waals surface area contributed by atoms with Gasteiger partial charge in [0.15, 0.2) is 0 Å². The van der Waals surface area contributed by atoms with Gasteiger partial charge in [0.2, 0.25) is 11.8 Å². The second kappa shape index (κ2) is 12.9. The first kappa shape index (κ1) is 25.5. The fourth-order valence-corrected chi connectivity index (χ4v) is 4.31. The summed E-state index contributed by atoms with van der Waals surface area (Å²) in [7, 11) is 0. The Morgan fingerprint density at radius 3 is 2.12 bits per heavy atom. The molecule has 0 aliphatic rings. The van der Waals surface area contributed by atoms with Crippen LogP contribution in [0.2, 0.25) is 0 Å². The summed E-state index contributed by atoms with van der Waals surface area (Å²) in [5.41, 5.74) is 1.74. The smallest absolute Gasteiger partial charge is 0.243 e. The quantitative estimate of drug-likeness (QED) is 0.379. The van der Waals surface area contributed by atoms with Crippen LogP contribution in [0.5, 0.6) is 0 Å². The Morgan fingerprint density at radius 2 is 1.50 bits per heavy atom. The molecule has 0 saturated carbocycles. The molecule has 0 aromatic heterocycles. The lowest BCUT2D eigenvalue weighted by Gasteiger charge is -2.31. The summed E-state index contributed by atoms with van der Waals surface area (Å²) in [4.78, 5) is 29.5. The van der Waals surface area contributed by atoms with Crippen LogP contribution in [0, 0.1) is 11.7 Å². The molecule has 3 aromatic carbocycles. The standard InChI is InChI=1S/C28H31FN2O2S/c1-21(2)18-30-28(33)26(17-22-9-5-3-6-10-22)31(19-23-13-15-24(29)16-14-23)27(32)20-34-25-11-7-4-8-12-25/h3-16,21,26H,17-20H2,1-2H3,(H,30,33)/t26-/m0/s1. The van der Waals surface area contributed by atoms with E-state index in [1.807, 2.05) is 74.5 Å². The maximum absolute atomic E-state index is 13.5. The van der Waals surface area contributed by atoms with Crippen LogP contribution in [0.3, 0.4) is 0 Å². The van der Waals surface area contributed by atoms with Gasteiger partial charge in [-0.2, -0.15) is 0 Å². The average Bonchev–Trinajstić information content (AvgIpc) is 2.85. The topological polar surface area (TPSA) is 49.4 Å². The number of thioether (sulfide) groups is 1. The van der Waals surface area contributed by atoms with E-state index in [1.54, 1.807) is 17.0 Å². The first-order valence-electron chi connectivity index (χ1n) is 11.5. The zero-order valence-corrected chi connectivity index (χ0v) is 20.4. The number of rotatable bonds is 11. The van der Waals surface area contributed by atoms with Gasteiger partial charge in [-0.3, -0.25) is 9.59 Å². The molecule has 0 aliphatic carbocycles. The minimum absolute atomic E-state index is 0.140. The van der Waals surface area contributed by atoms with Crippen LogP contribution in [-0.2, 0) is 22.6 Å². The zero-order valence-electron chi connectivity index (χ0n) is 19.6. The number of amides is 2. The van der Waals surface area contributed by atoms with Crippen molar-refractivity contribution in [3.05, 3.63) is 102 Å². The van der Waals surface area contributed by atoms with Gasteiger partial charge in [0.05, 0.1) is 5.75 Å². The van der Waals surface area contributed by atoms with Crippen molar-refractivity contribution in [2.45, 2.75) is 37.8 Å². The molecule has 0 spiro atoms. The molecule has 0 saturated heterocycles.